The van der Waals surface area contributed by atoms with Crippen LogP contribution in [0.25, 0.3) is 0 Å². The highest BCUT2D eigenvalue weighted by molar-refractivity contribution is 5.38. The van der Waals surface area contributed by atoms with Crippen LogP contribution in [0.4, 0.5) is 17.6 Å². The molecule has 21 heavy (non-hydrogen) atoms. The van der Waals surface area contributed by atoms with Gasteiger partial charge in [0.05, 0.1) is 12.7 Å². The van der Waals surface area contributed by atoms with Crippen LogP contribution in [0.15, 0.2) is 36.5 Å². The van der Waals surface area contributed by atoms with E-state index in [0.717, 1.165) is 0 Å². The summed E-state index contributed by atoms with van der Waals surface area (Å²) in [5.41, 5.74) is -1.62. The van der Waals surface area contributed by atoms with E-state index in [4.69, 9.17) is 4.74 Å². The topological polar surface area (TPSA) is 42.4 Å². The summed E-state index contributed by atoms with van der Waals surface area (Å²) in [5, 5.41) is 10.1. The summed E-state index contributed by atoms with van der Waals surface area (Å²) in [6, 6.07) is 4.83. The number of aliphatic hydroxyl groups excluding tert-OH is 1. The number of pyridine rings is 1. The Hall–Kier alpha value is -2.15. The Morgan fingerprint density at radius 3 is 2.57 bits per heavy atom. The zero-order valence-electron chi connectivity index (χ0n) is 10.9. The Kier molecular flexibility index (Phi) is 4.13. The van der Waals surface area contributed by atoms with Gasteiger partial charge in [-0.25, -0.2) is 4.39 Å². The molecule has 0 aliphatic carbocycles. The van der Waals surface area contributed by atoms with E-state index in [2.05, 4.69) is 4.98 Å². The largest absolute Gasteiger partial charge is 0.495 e. The minimum Gasteiger partial charge on any atom is -0.495 e. The average Bonchev–Trinajstić information content (AvgIpc) is 2.45. The van der Waals surface area contributed by atoms with E-state index >= 15 is 0 Å². The van der Waals surface area contributed by atoms with Crippen molar-refractivity contribution in [2.75, 3.05) is 7.11 Å². The van der Waals surface area contributed by atoms with Crippen LogP contribution in [0.2, 0.25) is 0 Å². The van der Waals surface area contributed by atoms with Gasteiger partial charge in [-0.1, -0.05) is 0 Å². The molecule has 0 radical (unpaired) electrons. The highest BCUT2D eigenvalue weighted by atomic mass is 19.4. The van der Waals surface area contributed by atoms with Gasteiger partial charge >= 0.3 is 6.18 Å². The Labute approximate surface area is 117 Å². The molecule has 2 aromatic rings. The lowest BCUT2D eigenvalue weighted by Gasteiger charge is -2.16. The number of nitrogens with zero attached hydrogens (tertiary/aromatic N) is 1. The number of aliphatic hydroxyl groups is 1. The summed E-state index contributed by atoms with van der Waals surface area (Å²) in [7, 11) is 1.32. The summed E-state index contributed by atoms with van der Waals surface area (Å²) < 4.78 is 56.7. The highest BCUT2D eigenvalue weighted by Crippen LogP contribution is 2.34. The third-order valence-electron chi connectivity index (χ3n) is 2.90. The Morgan fingerprint density at radius 2 is 1.95 bits per heavy atom. The molecule has 1 heterocycles. The van der Waals surface area contributed by atoms with Crippen molar-refractivity contribution < 1.29 is 27.4 Å². The lowest BCUT2D eigenvalue weighted by atomic mass is 10.0. The van der Waals surface area contributed by atoms with E-state index in [9.17, 15) is 22.7 Å². The maximum absolute atomic E-state index is 13.7. The van der Waals surface area contributed by atoms with E-state index in [1.165, 1.54) is 25.4 Å². The van der Waals surface area contributed by atoms with Crippen molar-refractivity contribution in [3.8, 4) is 5.75 Å². The molecule has 2 rings (SSSR count). The second kappa shape index (κ2) is 5.69. The lowest BCUT2D eigenvalue weighted by Crippen LogP contribution is -2.11. The molecule has 0 amide bonds. The molecule has 1 N–H and O–H groups in total. The van der Waals surface area contributed by atoms with Crippen LogP contribution >= 0.6 is 0 Å². The van der Waals surface area contributed by atoms with Crippen LogP contribution in [-0.2, 0) is 6.18 Å². The molecule has 1 aromatic heterocycles. The maximum atomic E-state index is 13.7. The fourth-order valence-electron chi connectivity index (χ4n) is 1.86. The fourth-order valence-corrected chi connectivity index (χ4v) is 1.86. The third-order valence-corrected chi connectivity index (χ3v) is 2.90. The van der Waals surface area contributed by atoms with Crippen LogP contribution in [0.5, 0.6) is 5.75 Å². The molecular formula is C14H11F4NO2. The first-order valence-electron chi connectivity index (χ1n) is 5.88. The highest BCUT2D eigenvalue weighted by Gasteiger charge is 2.32. The van der Waals surface area contributed by atoms with E-state index < -0.39 is 29.2 Å². The molecule has 7 heteroatoms. The van der Waals surface area contributed by atoms with Crippen molar-refractivity contribution in [2.45, 2.75) is 12.3 Å². The predicted molar refractivity (Wildman–Crippen MR) is 66.3 cm³/mol. The van der Waals surface area contributed by atoms with Crippen LogP contribution in [-0.4, -0.2) is 17.2 Å². The SMILES string of the molecule is COc1cccnc1C(O)c1cc(C(F)(F)F)ccc1F. The summed E-state index contributed by atoms with van der Waals surface area (Å²) in [6.07, 6.45) is -4.97. The van der Waals surface area contributed by atoms with Gasteiger partial charge in [-0.05, 0) is 30.3 Å². The van der Waals surface area contributed by atoms with Crippen molar-refractivity contribution >= 4 is 0 Å². The minimum absolute atomic E-state index is 0.0572. The zero-order valence-corrected chi connectivity index (χ0v) is 10.9. The number of rotatable bonds is 3. The van der Waals surface area contributed by atoms with Gasteiger partial charge in [-0.2, -0.15) is 13.2 Å². The van der Waals surface area contributed by atoms with Gasteiger partial charge in [0.1, 0.15) is 23.4 Å². The summed E-state index contributed by atoms with van der Waals surface area (Å²) in [5.74, 6) is -0.801. The number of ether oxygens (including phenoxy) is 1. The average molecular weight is 301 g/mol. The van der Waals surface area contributed by atoms with E-state index in [1.807, 2.05) is 0 Å². The Bertz CT molecular complexity index is 643. The lowest BCUT2D eigenvalue weighted by molar-refractivity contribution is -0.137. The first-order valence-corrected chi connectivity index (χ1v) is 5.88. The number of hydrogen-bond acceptors (Lipinski definition) is 3. The first kappa shape index (κ1) is 15.2. The maximum Gasteiger partial charge on any atom is 0.416 e. The summed E-state index contributed by atoms with van der Waals surface area (Å²) in [4.78, 5) is 3.84. The molecular weight excluding hydrogens is 290 g/mol. The molecule has 1 aromatic carbocycles. The first-order chi connectivity index (χ1) is 9.84. The molecule has 0 bridgehead atoms. The van der Waals surface area contributed by atoms with Gasteiger partial charge in [0.2, 0.25) is 0 Å². The van der Waals surface area contributed by atoms with E-state index in [1.54, 1.807) is 0 Å². The fraction of sp³-hybridized carbons (Fsp3) is 0.214. The van der Waals surface area contributed by atoms with Gasteiger partial charge in [0, 0.05) is 11.8 Å². The minimum atomic E-state index is -4.63. The monoisotopic (exact) mass is 301 g/mol. The van der Waals surface area contributed by atoms with Crippen molar-refractivity contribution in [3.63, 3.8) is 0 Å². The normalized spacial score (nSPS) is 13.0. The smallest absolute Gasteiger partial charge is 0.416 e. The van der Waals surface area contributed by atoms with Gasteiger partial charge in [0.15, 0.2) is 0 Å². The summed E-state index contributed by atoms with van der Waals surface area (Å²) in [6.45, 7) is 0. The van der Waals surface area contributed by atoms with Gasteiger partial charge < -0.3 is 9.84 Å². The number of benzene rings is 1. The van der Waals surface area contributed by atoms with Crippen molar-refractivity contribution in [1.29, 1.82) is 0 Å². The van der Waals surface area contributed by atoms with E-state index in [0.29, 0.717) is 18.2 Å². The quantitative estimate of drug-likeness (QED) is 0.884. The second-order valence-corrected chi connectivity index (χ2v) is 4.23. The number of alkyl halides is 3. The molecule has 0 fully saturated rings. The van der Waals surface area contributed by atoms with Crippen molar-refractivity contribution in [2.24, 2.45) is 0 Å². The molecule has 1 unspecified atom stereocenters. The number of hydrogen-bond donors (Lipinski definition) is 1. The third kappa shape index (κ3) is 3.13. The molecule has 1 atom stereocenters. The van der Waals surface area contributed by atoms with Gasteiger partial charge in [-0.3, -0.25) is 4.98 Å². The van der Waals surface area contributed by atoms with Crippen LogP contribution < -0.4 is 4.74 Å². The molecule has 112 valence electrons. The number of methoxy groups -OCH3 is 1. The summed E-state index contributed by atoms with van der Waals surface area (Å²) >= 11 is 0. The number of halogens is 4. The molecule has 3 nitrogen and oxygen atoms in total. The molecule has 0 saturated heterocycles. The van der Waals surface area contributed by atoms with Crippen LogP contribution in [0.3, 0.4) is 0 Å². The van der Waals surface area contributed by atoms with Crippen molar-refractivity contribution in [3.05, 3.63) is 59.2 Å². The standard InChI is InChI=1S/C14H11F4NO2/c1-21-11-3-2-6-19-12(11)13(20)9-7-8(14(16,17)18)4-5-10(9)15/h2-7,13,20H,1H3. The molecule has 0 saturated carbocycles. The number of aromatic nitrogens is 1. The van der Waals surface area contributed by atoms with Crippen LogP contribution in [0.1, 0.15) is 22.9 Å². The van der Waals surface area contributed by atoms with Crippen molar-refractivity contribution in [1.82, 2.24) is 4.98 Å². The predicted octanol–water partition coefficient (Wildman–Crippen LogP) is 3.33. The van der Waals surface area contributed by atoms with Crippen LogP contribution in [0, 0.1) is 5.82 Å². The van der Waals surface area contributed by atoms with Gasteiger partial charge in [0.25, 0.3) is 0 Å². The molecule has 0 aliphatic rings. The molecule has 0 aliphatic heterocycles. The zero-order chi connectivity index (χ0) is 15.6. The van der Waals surface area contributed by atoms with Gasteiger partial charge in [-0.15, -0.1) is 0 Å². The van der Waals surface area contributed by atoms with E-state index in [-0.39, 0.29) is 11.4 Å². The second-order valence-electron chi connectivity index (χ2n) is 4.23. The molecule has 0 spiro atoms. The Balaban J connectivity index is 2.50. The Morgan fingerprint density at radius 1 is 1.24 bits per heavy atom.